The molecular weight excluding hydrogens is 566 g/mol. The van der Waals surface area contributed by atoms with Crippen LogP contribution in [-0.4, -0.2) is 51.3 Å². The second-order valence-electron chi connectivity index (χ2n) is 7.95. The summed E-state index contributed by atoms with van der Waals surface area (Å²) in [5.74, 6) is 0.436. The molecular formula is C27H24ClNO8S2. The summed E-state index contributed by atoms with van der Waals surface area (Å²) in [7, 11) is -2.66. The number of nitrogens with zero attached hydrogens (tertiary/aromatic N) is 1. The van der Waals surface area contributed by atoms with Crippen molar-refractivity contribution in [2.75, 3.05) is 26.9 Å². The van der Waals surface area contributed by atoms with Gasteiger partial charge in [-0.25, -0.2) is 0 Å². The predicted octanol–water partition coefficient (Wildman–Crippen LogP) is 5.63. The molecule has 1 fully saturated rings. The number of para-hydroxylation sites is 2. The number of halogens is 1. The Hall–Kier alpha value is -3.67. The molecule has 0 saturated carbocycles. The summed E-state index contributed by atoms with van der Waals surface area (Å²) in [6, 6.07) is 17.6. The number of benzene rings is 3. The van der Waals surface area contributed by atoms with Crippen LogP contribution in [0.15, 0.2) is 76.5 Å². The van der Waals surface area contributed by atoms with Crippen LogP contribution in [0.4, 0.5) is 4.79 Å². The molecule has 0 spiro atoms. The van der Waals surface area contributed by atoms with Gasteiger partial charge in [-0.3, -0.25) is 14.5 Å². The van der Waals surface area contributed by atoms with E-state index < -0.39 is 21.3 Å². The molecule has 1 heterocycles. The summed E-state index contributed by atoms with van der Waals surface area (Å²) in [6.45, 7) is 2.03. The second kappa shape index (κ2) is 12.5. The van der Waals surface area contributed by atoms with E-state index in [2.05, 4.69) is 0 Å². The van der Waals surface area contributed by atoms with Gasteiger partial charge >= 0.3 is 10.1 Å². The normalized spacial score (nSPS) is 14.5. The Kier molecular flexibility index (Phi) is 9.05. The van der Waals surface area contributed by atoms with Crippen molar-refractivity contribution < 1.29 is 36.4 Å². The molecule has 0 bridgehead atoms. The topological polar surface area (TPSA) is 108 Å². The second-order valence-corrected chi connectivity index (χ2v) is 10.9. The molecule has 39 heavy (non-hydrogen) atoms. The van der Waals surface area contributed by atoms with Gasteiger partial charge < -0.3 is 18.4 Å². The average Bonchev–Trinajstić information content (AvgIpc) is 3.19. The summed E-state index contributed by atoms with van der Waals surface area (Å²) in [4.78, 5) is 26.7. The van der Waals surface area contributed by atoms with E-state index in [0.717, 1.165) is 16.7 Å². The lowest BCUT2D eigenvalue weighted by molar-refractivity contribution is -0.123. The van der Waals surface area contributed by atoms with Crippen LogP contribution in [-0.2, 0) is 14.9 Å². The Morgan fingerprint density at radius 1 is 0.949 bits per heavy atom. The van der Waals surface area contributed by atoms with Crippen molar-refractivity contribution in [3.63, 3.8) is 0 Å². The molecule has 3 aromatic carbocycles. The number of thioether (sulfide) groups is 1. The van der Waals surface area contributed by atoms with Crippen LogP contribution < -0.4 is 18.4 Å². The number of carbonyl (C=O) groups is 2. The molecule has 204 valence electrons. The van der Waals surface area contributed by atoms with E-state index in [4.69, 9.17) is 30.0 Å². The first-order valence-corrected chi connectivity index (χ1v) is 14.3. The maximum Gasteiger partial charge on any atom is 0.339 e. The molecule has 1 aliphatic rings. The lowest BCUT2D eigenvalue weighted by Crippen LogP contribution is -2.32. The molecule has 0 aromatic heterocycles. The Morgan fingerprint density at radius 3 is 2.33 bits per heavy atom. The number of methoxy groups -OCH3 is 1. The van der Waals surface area contributed by atoms with Crippen LogP contribution >= 0.6 is 23.4 Å². The maximum atomic E-state index is 13.0. The third-order valence-corrected chi connectivity index (χ3v) is 7.79. The Bertz CT molecular complexity index is 1510. The maximum absolute atomic E-state index is 13.0. The van der Waals surface area contributed by atoms with Crippen LogP contribution in [0.25, 0.3) is 6.08 Å². The van der Waals surface area contributed by atoms with Crippen LogP contribution in [0.3, 0.4) is 0 Å². The monoisotopic (exact) mass is 589 g/mol. The van der Waals surface area contributed by atoms with Gasteiger partial charge in [0.05, 0.1) is 30.2 Å². The first-order valence-electron chi connectivity index (χ1n) is 11.7. The van der Waals surface area contributed by atoms with Gasteiger partial charge in [0, 0.05) is 0 Å². The third kappa shape index (κ3) is 6.67. The highest BCUT2D eigenvalue weighted by Gasteiger charge is 2.35. The van der Waals surface area contributed by atoms with Crippen LogP contribution in [0.1, 0.15) is 12.5 Å². The minimum absolute atomic E-state index is 0.0368. The van der Waals surface area contributed by atoms with Crippen molar-refractivity contribution in [1.29, 1.82) is 0 Å². The fourth-order valence-corrected chi connectivity index (χ4v) is 5.74. The van der Waals surface area contributed by atoms with Crippen molar-refractivity contribution in [2.45, 2.75) is 11.8 Å². The van der Waals surface area contributed by atoms with Crippen LogP contribution in [0, 0.1) is 0 Å². The number of imide groups is 1. The zero-order chi connectivity index (χ0) is 28.0. The predicted molar refractivity (Wildman–Crippen MR) is 148 cm³/mol. The van der Waals surface area contributed by atoms with Crippen LogP contribution in [0.5, 0.6) is 23.0 Å². The van der Waals surface area contributed by atoms with Crippen molar-refractivity contribution >= 4 is 50.7 Å². The smallest absolute Gasteiger partial charge is 0.339 e. The molecule has 2 amide bonds. The van der Waals surface area contributed by atoms with E-state index in [1.54, 1.807) is 49.4 Å². The number of hydrogen-bond acceptors (Lipinski definition) is 9. The quantitative estimate of drug-likeness (QED) is 0.208. The third-order valence-electron chi connectivity index (χ3n) is 5.37. The molecule has 9 nitrogen and oxygen atoms in total. The van der Waals surface area contributed by atoms with Gasteiger partial charge in [-0.1, -0.05) is 41.9 Å². The summed E-state index contributed by atoms with van der Waals surface area (Å²) < 4.78 is 47.3. The van der Waals surface area contributed by atoms with Gasteiger partial charge in [-0.15, -0.1) is 0 Å². The number of carbonyl (C=O) groups excluding carboxylic acids is 2. The highest BCUT2D eigenvalue weighted by atomic mass is 35.5. The van der Waals surface area contributed by atoms with Crippen molar-refractivity contribution in [1.82, 2.24) is 4.90 Å². The molecule has 0 aliphatic carbocycles. The van der Waals surface area contributed by atoms with E-state index >= 15 is 0 Å². The Balaban J connectivity index is 1.52. The van der Waals surface area contributed by atoms with E-state index in [1.807, 2.05) is 0 Å². The first-order chi connectivity index (χ1) is 18.7. The molecule has 0 radical (unpaired) electrons. The van der Waals surface area contributed by atoms with Crippen molar-refractivity contribution in [2.24, 2.45) is 0 Å². The zero-order valence-corrected chi connectivity index (χ0v) is 23.3. The lowest BCUT2D eigenvalue weighted by atomic mass is 10.2. The number of ether oxygens (including phenoxy) is 3. The Labute approximate surface area is 235 Å². The first kappa shape index (κ1) is 28.3. The van der Waals surface area contributed by atoms with Crippen LogP contribution in [0.2, 0.25) is 5.02 Å². The van der Waals surface area contributed by atoms with Gasteiger partial charge in [0.2, 0.25) is 5.75 Å². The van der Waals surface area contributed by atoms with Gasteiger partial charge in [-0.05, 0) is 66.7 Å². The largest absolute Gasteiger partial charge is 0.493 e. The van der Waals surface area contributed by atoms with Crippen molar-refractivity contribution in [3.05, 3.63) is 82.2 Å². The number of rotatable bonds is 11. The zero-order valence-electron chi connectivity index (χ0n) is 21.0. The summed E-state index contributed by atoms with van der Waals surface area (Å²) in [6.07, 6.45) is 1.48. The molecule has 12 heteroatoms. The summed E-state index contributed by atoms with van der Waals surface area (Å²) in [5, 5.41) is -0.490. The summed E-state index contributed by atoms with van der Waals surface area (Å²) >= 11 is 7.17. The van der Waals surface area contributed by atoms with Gasteiger partial charge in [0.1, 0.15) is 11.5 Å². The Morgan fingerprint density at radius 2 is 1.64 bits per heavy atom. The highest BCUT2D eigenvalue weighted by molar-refractivity contribution is 8.18. The highest BCUT2D eigenvalue weighted by Crippen LogP contribution is 2.40. The molecule has 0 unspecified atom stereocenters. The fraction of sp³-hybridized carbons (Fsp3) is 0.185. The minimum Gasteiger partial charge on any atom is -0.493 e. The van der Waals surface area contributed by atoms with Gasteiger partial charge in [-0.2, -0.15) is 8.42 Å². The molecule has 1 saturated heterocycles. The van der Waals surface area contributed by atoms with E-state index in [-0.39, 0.29) is 46.1 Å². The lowest BCUT2D eigenvalue weighted by Gasteiger charge is -2.15. The average molecular weight is 590 g/mol. The van der Waals surface area contributed by atoms with Crippen molar-refractivity contribution in [3.8, 4) is 23.0 Å². The van der Waals surface area contributed by atoms with Gasteiger partial charge in [0.15, 0.2) is 17.2 Å². The standard InChI is InChI=1S/C27H24ClNO8S2/c1-3-35-23-16-18(15-20(28)25(23)37-39(32,33)19-9-5-4-6-10-19)17-24-26(30)29(27(31)38-24)13-14-36-22-12-8-7-11-21(22)34-2/h4-12,15-17H,3,13-14H2,1-2H3/b24-17-. The number of amides is 2. The fourth-order valence-electron chi connectivity index (χ4n) is 3.59. The molecule has 3 aromatic rings. The van der Waals surface area contributed by atoms with E-state index in [1.165, 1.54) is 37.5 Å². The van der Waals surface area contributed by atoms with E-state index in [0.29, 0.717) is 17.1 Å². The molecule has 0 atom stereocenters. The molecule has 0 N–H and O–H groups in total. The molecule has 4 rings (SSSR count). The number of hydrogen-bond donors (Lipinski definition) is 0. The summed E-state index contributed by atoms with van der Waals surface area (Å²) in [5.41, 5.74) is 0.420. The van der Waals surface area contributed by atoms with E-state index in [9.17, 15) is 18.0 Å². The minimum atomic E-state index is -4.18. The SMILES string of the molecule is CCOc1cc(/C=C2\SC(=O)N(CCOc3ccccc3OC)C2=O)cc(Cl)c1OS(=O)(=O)c1ccccc1. The molecule has 1 aliphatic heterocycles. The van der Waals surface area contributed by atoms with Gasteiger partial charge in [0.25, 0.3) is 11.1 Å².